The lowest BCUT2D eigenvalue weighted by Crippen LogP contribution is -2.14. The Morgan fingerprint density at radius 3 is 2.48 bits per heavy atom. The quantitative estimate of drug-likeness (QED) is 0.913. The van der Waals surface area contributed by atoms with Gasteiger partial charge in [-0.25, -0.2) is 8.42 Å². The molecule has 0 unspecified atom stereocenters. The average Bonchev–Trinajstić information content (AvgIpc) is 3.02. The van der Waals surface area contributed by atoms with Gasteiger partial charge in [-0.2, -0.15) is 0 Å². The smallest absolute Gasteiger partial charge is 0.262 e. The molecular formula is C17H19NO4S. The molecule has 1 aliphatic rings. The number of anilines is 1. The highest BCUT2D eigenvalue weighted by Crippen LogP contribution is 2.32. The van der Waals surface area contributed by atoms with Crippen LogP contribution in [0.4, 0.5) is 5.69 Å². The van der Waals surface area contributed by atoms with Gasteiger partial charge in [0.25, 0.3) is 10.0 Å². The van der Waals surface area contributed by atoms with Gasteiger partial charge < -0.3 is 9.47 Å². The molecule has 2 aromatic carbocycles. The van der Waals surface area contributed by atoms with Gasteiger partial charge in [-0.3, -0.25) is 4.72 Å². The lowest BCUT2D eigenvalue weighted by molar-refractivity contribution is 0.405. The summed E-state index contributed by atoms with van der Waals surface area (Å²) in [5.74, 6) is 0.994. The van der Waals surface area contributed by atoms with Crippen LogP contribution in [0.5, 0.6) is 11.5 Å². The van der Waals surface area contributed by atoms with E-state index >= 15 is 0 Å². The third-order valence-electron chi connectivity index (χ3n) is 4.03. The third-order valence-corrected chi connectivity index (χ3v) is 5.39. The summed E-state index contributed by atoms with van der Waals surface area (Å²) in [5.41, 5.74) is 2.71. The molecule has 23 heavy (non-hydrogen) atoms. The SMILES string of the molecule is COc1ccc(OC)c(NS(=O)(=O)c2ccc3c(c2)CCC3)c1. The van der Waals surface area contributed by atoms with Crippen molar-refractivity contribution in [2.24, 2.45) is 0 Å². The van der Waals surface area contributed by atoms with E-state index in [2.05, 4.69) is 4.72 Å². The Kier molecular flexibility index (Phi) is 4.17. The highest BCUT2D eigenvalue weighted by Gasteiger charge is 2.20. The second-order valence-corrected chi connectivity index (χ2v) is 7.14. The molecule has 2 aromatic rings. The Morgan fingerprint density at radius 1 is 0.957 bits per heavy atom. The number of sulfonamides is 1. The minimum atomic E-state index is -3.68. The van der Waals surface area contributed by atoms with Crippen LogP contribution in [0.25, 0.3) is 0 Å². The Morgan fingerprint density at radius 2 is 1.74 bits per heavy atom. The lowest BCUT2D eigenvalue weighted by Gasteiger charge is -2.13. The van der Waals surface area contributed by atoms with Crippen LogP contribution in [0.2, 0.25) is 0 Å². The fraction of sp³-hybridized carbons (Fsp3) is 0.294. The van der Waals surface area contributed by atoms with E-state index < -0.39 is 10.0 Å². The molecule has 0 aromatic heterocycles. The van der Waals surface area contributed by atoms with E-state index in [9.17, 15) is 8.42 Å². The van der Waals surface area contributed by atoms with Gasteiger partial charge in [-0.05, 0) is 54.7 Å². The summed E-state index contributed by atoms with van der Waals surface area (Å²) in [6.45, 7) is 0. The van der Waals surface area contributed by atoms with E-state index in [1.165, 1.54) is 19.8 Å². The van der Waals surface area contributed by atoms with Gasteiger partial charge in [0.2, 0.25) is 0 Å². The van der Waals surface area contributed by atoms with Crippen LogP contribution in [0.1, 0.15) is 17.5 Å². The summed E-state index contributed by atoms with van der Waals surface area (Å²) < 4.78 is 38.3. The van der Waals surface area contributed by atoms with Crippen LogP contribution in [0.3, 0.4) is 0 Å². The van der Waals surface area contributed by atoms with Crippen LogP contribution < -0.4 is 14.2 Å². The van der Waals surface area contributed by atoms with E-state index in [0.717, 1.165) is 24.8 Å². The minimum absolute atomic E-state index is 0.267. The molecule has 0 aliphatic heterocycles. The normalized spacial score (nSPS) is 13.5. The Labute approximate surface area is 136 Å². The zero-order valence-electron chi connectivity index (χ0n) is 13.1. The number of methoxy groups -OCH3 is 2. The number of hydrogen-bond acceptors (Lipinski definition) is 4. The first kappa shape index (κ1) is 15.7. The van der Waals surface area contributed by atoms with Gasteiger partial charge in [0.05, 0.1) is 24.8 Å². The Bertz CT molecular complexity index is 830. The number of ether oxygens (including phenoxy) is 2. The molecule has 0 heterocycles. The third kappa shape index (κ3) is 3.12. The summed E-state index contributed by atoms with van der Waals surface area (Å²) in [6, 6.07) is 10.3. The van der Waals surface area contributed by atoms with Crippen LogP contribution in [-0.4, -0.2) is 22.6 Å². The molecule has 0 saturated carbocycles. The van der Waals surface area contributed by atoms with Crippen molar-refractivity contribution in [2.45, 2.75) is 24.2 Å². The maximum atomic E-state index is 12.7. The first-order valence-corrected chi connectivity index (χ1v) is 8.88. The number of aryl methyl sites for hydroxylation is 2. The molecule has 0 amide bonds. The fourth-order valence-corrected chi connectivity index (χ4v) is 3.92. The predicted octanol–water partition coefficient (Wildman–Crippen LogP) is 2.99. The zero-order chi connectivity index (χ0) is 16.4. The first-order valence-electron chi connectivity index (χ1n) is 7.40. The van der Waals surface area contributed by atoms with Crippen molar-refractivity contribution in [3.8, 4) is 11.5 Å². The molecule has 0 bridgehead atoms. The Hall–Kier alpha value is -2.21. The highest BCUT2D eigenvalue weighted by molar-refractivity contribution is 7.92. The first-order chi connectivity index (χ1) is 11.0. The molecule has 1 aliphatic carbocycles. The molecule has 5 nitrogen and oxygen atoms in total. The van der Waals surface area contributed by atoms with Gasteiger partial charge in [-0.15, -0.1) is 0 Å². The van der Waals surface area contributed by atoms with Crippen LogP contribution >= 0.6 is 0 Å². The van der Waals surface area contributed by atoms with Crippen molar-refractivity contribution in [3.05, 3.63) is 47.5 Å². The molecule has 6 heteroatoms. The zero-order valence-corrected chi connectivity index (χ0v) is 13.9. The molecule has 0 radical (unpaired) electrons. The van der Waals surface area contributed by atoms with E-state index in [1.807, 2.05) is 6.07 Å². The summed E-state index contributed by atoms with van der Waals surface area (Å²) in [7, 11) is -0.655. The summed E-state index contributed by atoms with van der Waals surface area (Å²) in [5, 5.41) is 0. The number of benzene rings is 2. The van der Waals surface area contributed by atoms with Crippen molar-refractivity contribution >= 4 is 15.7 Å². The topological polar surface area (TPSA) is 64.6 Å². The second kappa shape index (κ2) is 6.12. The van der Waals surface area contributed by atoms with Gasteiger partial charge >= 0.3 is 0 Å². The van der Waals surface area contributed by atoms with Gasteiger partial charge in [-0.1, -0.05) is 6.07 Å². The molecule has 0 fully saturated rings. The molecule has 122 valence electrons. The minimum Gasteiger partial charge on any atom is -0.497 e. The number of rotatable bonds is 5. The predicted molar refractivity (Wildman–Crippen MR) is 88.8 cm³/mol. The average molecular weight is 333 g/mol. The second-order valence-electron chi connectivity index (χ2n) is 5.46. The van der Waals surface area contributed by atoms with Crippen molar-refractivity contribution in [1.29, 1.82) is 0 Å². The summed E-state index contributed by atoms with van der Waals surface area (Å²) in [6.07, 6.45) is 3.03. The van der Waals surface area contributed by atoms with Crippen molar-refractivity contribution in [2.75, 3.05) is 18.9 Å². The highest BCUT2D eigenvalue weighted by atomic mass is 32.2. The molecule has 0 saturated heterocycles. The van der Waals surface area contributed by atoms with E-state index in [-0.39, 0.29) is 4.90 Å². The fourth-order valence-electron chi connectivity index (χ4n) is 2.81. The molecule has 0 spiro atoms. The molecule has 0 atom stereocenters. The van der Waals surface area contributed by atoms with Crippen LogP contribution in [0, 0.1) is 0 Å². The van der Waals surface area contributed by atoms with Crippen molar-refractivity contribution in [3.63, 3.8) is 0 Å². The number of hydrogen-bond donors (Lipinski definition) is 1. The molecule has 1 N–H and O–H groups in total. The van der Waals surface area contributed by atoms with Gasteiger partial charge in [0.1, 0.15) is 11.5 Å². The summed E-state index contributed by atoms with van der Waals surface area (Å²) in [4.78, 5) is 0.267. The van der Waals surface area contributed by atoms with Crippen LogP contribution in [-0.2, 0) is 22.9 Å². The maximum Gasteiger partial charge on any atom is 0.262 e. The standard InChI is InChI=1S/C17H19NO4S/c1-21-14-7-9-17(22-2)16(11-14)18-23(19,20)15-8-6-12-4-3-5-13(12)10-15/h6-11,18H,3-5H2,1-2H3. The van der Waals surface area contributed by atoms with Crippen molar-refractivity contribution < 1.29 is 17.9 Å². The monoisotopic (exact) mass is 333 g/mol. The van der Waals surface area contributed by atoms with Gasteiger partial charge in [0.15, 0.2) is 0 Å². The lowest BCUT2D eigenvalue weighted by atomic mass is 10.1. The number of nitrogens with one attached hydrogen (secondary N) is 1. The van der Waals surface area contributed by atoms with Crippen molar-refractivity contribution in [1.82, 2.24) is 0 Å². The van der Waals surface area contributed by atoms with Gasteiger partial charge in [0, 0.05) is 6.07 Å². The van der Waals surface area contributed by atoms with E-state index in [4.69, 9.17) is 9.47 Å². The molecule has 3 rings (SSSR count). The summed E-state index contributed by atoms with van der Waals surface area (Å²) >= 11 is 0. The Balaban J connectivity index is 1.95. The molecular weight excluding hydrogens is 314 g/mol. The van der Waals surface area contributed by atoms with E-state index in [1.54, 1.807) is 30.3 Å². The largest absolute Gasteiger partial charge is 0.497 e. The number of fused-ring (bicyclic) bond motifs is 1. The maximum absolute atomic E-state index is 12.7. The van der Waals surface area contributed by atoms with E-state index in [0.29, 0.717) is 17.2 Å². The van der Waals surface area contributed by atoms with Crippen LogP contribution in [0.15, 0.2) is 41.3 Å².